The molecule has 0 fully saturated rings. The van der Waals surface area contributed by atoms with E-state index < -0.39 is 36.0 Å². The fourth-order valence-electron chi connectivity index (χ4n) is 1.59. The van der Waals surface area contributed by atoms with E-state index in [1.807, 2.05) is 0 Å². The van der Waals surface area contributed by atoms with Crippen LogP contribution in [0.5, 0.6) is 0 Å². The molecule has 1 N–H and O–H groups in total. The molecule has 0 saturated heterocycles. The second-order valence-electron chi connectivity index (χ2n) is 4.38. The molecular formula is C14H13ClNO7-. The van der Waals surface area contributed by atoms with Gasteiger partial charge < -0.3 is 24.7 Å². The van der Waals surface area contributed by atoms with Crippen LogP contribution >= 0.6 is 11.6 Å². The summed E-state index contributed by atoms with van der Waals surface area (Å²) in [5, 5.41) is 13.8. The van der Waals surface area contributed by atoms with Gasteiger partial charge in [0.1, 0.15) is 0 Å². The van der Waals surface area contributed by atoms with E-state index in [9.17, 15) is 24.3 Å². The molecule has 0 aliphatic rings. The Morgan fingerprint density at radius 1 is 1.00 bits per heavy atom. The lowest BCUT2D eigenvalue weighted by Gasteiger charge is -2.26. The van der Waals surface area contributed by atoms with Crippen LogP contribution in [0.3, 0.4) is 0 Å². The third-order valence-corrected chi connectivity index (χ3v) is 2.72. The van der Waals surface area contributed by atoms with E-state index in [1.54, 1.807) is 0 Å². The fourth-order valence-corrected chi connectivity index (χ4v) is 1.72. The van der Waals surface area contributed by atoms with Crippen molar-refractivity contribution in [3.05, 3.63) is 29.3 Å². The highest BCUT2D eigenvalue weighted by molar-refractivity contribution is 6.30. The van der Waals surface area contributed by atoms with Crippen molar-refractivity contribution >= 4 is 41.1 Å². The molecule has 2 atom stereocenters. The minimum Gasteiger partial charge on any atom is -0.546 e. The molecule has 0 aliphatic heterocycles. The summed E-state index contributed by atoms with van der Waals surface area (Å²) < 4.78 is 9.15. The van der Waals surface area contributed by atoms with Gasteiger partial charge in [-0.25, -0.2) is 0 Å². The van der Waals surface area contributed by atoms with Crippen LogP contribution in [-0.2, 0) is 28.7 Å². The van der Waals surface area contributed by atoms with E-state index in [1.165, 1.54) is 24.3 Å². The maximum absolute atomic E-state index is 12.2. The lowest BCUT2D eigenvalue weighted by Crippen LogP contribution is -2.52. The van der Waals surface area contributed by atoms with Gasteiger partial charge in [0.15, 0.2) is 6.10 Å². The van der Waals surface area contributed by atoms with Crippen molar-refractivity contribution in [2.24, 2.45) is 0 Å². The number of hydrogen-bond acceptors (Lipinski definition) is 7. The number of hydrogen-bond donors (Lipinski definition) is 1. The monoisotopic (exact) mass is 342 g/mol. The predicted molar refractivity (Wildman–Crippen MR) is 76.2 cm³/mol. The van der Waals surface area contributed by atoms with Gasteiger partial charge in [-0.3, -0.25) is 14.4 Å². The third kappa shape index (κ3) is 5.95. The zero-order valence-electron chi connectivity index (χ0n) is 12.2. The first-order valence-electron chi connectivity index (χ1n) is 6.32. The van der Waals surface area contributed by atoms with Crippen LogP contribution in [0.1, 0.15) is 13.8 Å². The molecule has 0 aliphatic carbocycles. The lowest BCUT2D eigenvalue weighted by molar-refractivity contribution is -0.318. The van der Waals surface area contributed by atoms with Crippen molar-refractivity contribution in [3.8, 4) is 0 Å². The summed E-state index contributed by atoms with van der Waals surface area (Å²) in [4.78, 5) is 45.3. The Balaban J connectivity index is 3.00. The van der Waals surface area contributed by atoms with Crippen LogP contribution < -0.4 is 10.4 Å². The molecular weight excluding hydrogens is 330 g/mol. The zero-order valence-corrected chi connectivity index (χ0v) is 13.0. The number of rotatable bonds is 6. The zero-order chi connectivity index (χ0) is 17.6. The van der Waals surface area contributed by atoms with E-state index in [4.69, 9.17) is 11.6 Å². The van der Waals surface area contributed by atoms with Crippen LogP contribution in [0.2, 0.25) is 5.02 Å². The highest BCUT2D eigenvalue weighted by Crippen LogP contribution is 2.15. The van der Waals surface area contributed by atoms with Crippen LogP contribution in [0.4, 0.5) is 5.69 Å². The van der Waals surface area contributed by atoms with Gasteiger partial charge in [-0.15, -0.1) is 0 Å². The number of carbonyl (C=O) groups excluding carboxylic acids is 4. The summed E-state index contributed by atoms with van der Waals surface area (Å²) in [5.41, 5.74) is 0.275. The number of ether oxygens (including phenoxy) is 2. The summed E-state index contributed by atoms with van der Waals surface area (Å²) in [6.07, 6.45) is -3.99. The second kappa shape index (κ2) is 8.14. The van der Waals surface area contributed by atoms with Gasteiger partial charge in [-0.1, -0.05) is 11.6 Å². The summed E-state index contributed by atoms with van der Waals surface area (Å²) in [6, 6.07) is 5.87. The molecule has 1 aromatic rings. The van der Waals surface area contributed by atoms with Crippen LogP contribution in [0, 0.1) is 0 Å². The first-order valence-corrected chi connectivity index (χ1v) is 6.70. The number of aliphatic carboxylic acids is 1. The normalized spacial score (nSPS) is 12.7. The van der Waals surface area contributed by atoms with Gasteiger partial charge in [-0.2, -0.15) is 0 Å². The van der Waals surface area contributed by atoms with E-state index in [-0.39, 0.29) is 5.69 Å². The minimum absolute atomic E-state index is 0.275. The standard InChI is InChI=1S/C14H14ClNO7/c1-7(17)22-11(12(14(20)21)23-8(2)18)13(19)16-10-5-3-9(15)4-6-10/h3-6,11-12H,1-2H3,(H,16,19)(H,20,21)/p-1/t11-,12-/m1/s1. The Bertz CT molecular complexity index is 614. The highest BCUT2D eigenvalue weighted by atomic mass is 35.5. The summed E-state index contributed by atoms with van der Waals surface area (Å²) in [5.74, 6) is -4.79. The van der Waals surface area contributed by atoms with Crippen LogP contribution in [0.25, 0.3) is 0 Å². The van der Waals surface area contributed by atoms with Crippen LogP contribution in [0.15, 0.2) is 24.3 Å². The van der Waals surface area contributed by atoms with E-state index >= 15 is 0 Å². The number of nitrogens with one attached hydrogen (secondary N) is 1. The lowest BCUT2D eigenvalue weighted by atomic mass is 10.1. The van der Waals surface area contributed by atoms with E-state index in [0.29, 0.717) is 5.02 Å². The van der Waals surface area contributed by atoms with E-state index in [2.05, 4.69) is 14.8 Å². The number of carbonyl (C=O) groups is 4. The number of carboxylic acid groups (broad SMARTS) is 1. The first-order chi connectivity index (χ1) is 10.7. The number of esters is 2. The Morgan fingerprint density at radius 2 is 1.48 bits per heavy atom. The van der Waals surface area contributed by atoms with Gasteiger partial charge in [0.25, 0.3) is 5.91 Å². The number of amides is 1. The average molecular weight is 343 g/mol. The molecule has 1 rings (SSSR count). The fraction of sp³-hybridized carbons (Fsp3) is 0.286. The molecule has 23 heavy (non-hydrogen) atoms. The Morgan fingerprint density at radius 3 is 1.91 bits per heavy atom. The van der Waals surface area contributed by atoms with Gasteiger partial charge in [0.05, 0.1) is 5.97 Å². The van der Waals surface area contributed by atoms with E-state index in [0.717, 1.165) is 13.8 Å². The molecule has 0 spiro atoms. The Hall–Kier alpha value is -2.61. The molecule has 9 heteroatoms. The Kier molecular flexibility index (Phi) is 6.52. The summed E-state index contributed by atoms with van der Waals surface area (Å²) in [6.45, 7) is 1.92. The highest BCUT2D eigenvalue weighted by Gasteiger charge is 2.35. The molecule has 124 valence electrons. The topological polar surface area (TPSA) is 122 Å². The molecule has 1 aromatic carbocycles. The average Bonchev–Trinajstić information content (AvgIpc) is 2.44. The van der Waals surface area contributed by atoms with Gasteiger partial charge in [0.2, 0.25) is 6.10 Å². The molecule has 8 nitrogen and oxygen atoms in total. The molecule has 0 aromatic heterocycles. The third-order valence-electron chi connectivity index (χ3n) is 2.46. The molecule has 1 amide bonds. The van der Waals surface area contributed by atoms with Crippen molar-refractivity contribution in [2.75, 3.05) is 5.32 Å². The maximum atomic E-state index is 12.2. The number of carboxylic acids is 1. The largest absolute Gasteiger partial charge is 0.546 e. The summed E-state index contributed by atoms with van der Waals surface area (Å²) in [7, 11) is 0. The van der Waals surface area contributed by atoms with Gasteiger partial charge in [0, 0.05) is 24.6 Å². The molecule has 0 radical (unpaired) electrons. The number of benzene rings is 1. The Labute approximate surface area is 136 Å². The van der Waals surface area contributed by atoms with Crippen molar-refractivity contribution < 1.29 is 33.8 Å². The molecule has 0 saturated carbocycles. The van der Waals surface area contributed by atoms with Crippen molar-refractivity contribution in [2.45, 2.75) is 26.1 Å². The number of halogens is 1. The predicted octanol–water partition coefficient (Wildman–Crippen LogP) is -0.108. The molecule has 0 unspecified atom stereocenters. The SMILES string of the molecule is CC(=O)O[C@@H](C(=O)[O-])[C@@H](OC(C)=O)C(=O)Nc1ccc(Cl)cc1. The smallest absolute Gasteiger partial charge is 0.303 e. The van der Waals surface area contributed by atoms with Gasteiger partial charge in [-0.05, 0) is 24.3 Å². The molecule has 0 heterocycles. The summed E-state index contributed by atoms with van der Waals surface area (Å²) >= 11 is 5.70. The first kappa shape index (κ1) is 18.4. The quantitative estimate of drug-likeness (QED) is 0.716. The van der Waals surface area contributed by atoms with Crippen molar-refractivity contribution in [3.63, 3.8) is 0 Å². The van der Waals surface area contributed by atoms with Crippen molar-refractivity contribution in [1.29, 1.82) is 0 Å². The minimum atomic E-state index is -2.08. The van der Waals surface area contributed by atoms with Crippen molar-refractivity contribution in [1.82, 2.24) is 0 Å². The number of anilines is 1. The van der Waals surface area contributed by atoms with Crippen LogP contribution in [-0.4, -0.2) is 36.0 Å². The molecule has 0 bridgehead atoms. The van der Waals surface area contributed by atoms with Gasteiger partial charge >= 0.3 is 11.9 Å². The maximum Gasteiger partial charge on any atom is 0.303 e. The second-order valence-corrected chi connectivity index (χ2v) is 4.81.